The van der Waals surface area contributed by atoms with Gasteiger partial charge in [0.15, 0.2) is 4.67 Å². The molecule has 1 nitrogen and oxygen atoms in total. The first-order chi connectivity index (χ1) is 6.25. The van der Waals surface area contributed by atoms with Gasteiger partial charge in [0, 0.05) is 5.92 Å². The van der Waals surface area contributed by atoms with Crippen LogP contribution in [0.3, 0.4) is 0 Å². The maximum atomic E-state index is 5.57. The summed E-state index contributed by atoms with van der Waals surface area (Å²) in [6.07, 6.45) is 5.29. The predicted molar refractivity (Wildman–Crippen MR) is 56.8 cm³/mol. The van der Waals surface area contributed by atoms with Crippen molar-refractivity contribution < 1.29 is 4.42 Å². The van der Waals surface area contributed by atoms with Crippen LogP contribution in [0.5, 0.6) is 0 Å². The Labute approximate surface area is 87.6 Å². The van der Waals surface area contributed by atoms with Crippen molar-refractivity contribution in [2.45, 2.75) is 38.5 Å². The van der Waals surface area contributed by atoms with E-state index in [1.54, 1.807) is 0 Å². The van der Waals surface area contributed by atoms with Gasteiger partial charge in [-0.1, -0.05) is 19.8 Å². The summed E-state index contributed by atoms with van der Waals surface area (Å²) < 4.78 is 6.44. The van der Waals surface area contributed by atoms with Gasteiger partial charge in [-0.15, -0.1) is 0 Å². The fourth-order valence-electron chi connectivity index (χ4n) is 2.09. The zero-order chi connectivity index (χ0) is 9.26. The van der Waals surface area contributed by atoms with E-state index in [-0.39, 0.29) is 0 Å². The van der Waals surface area contributed by atoms with Gasteiger partial charge in [-0.05, 0) is 46.8 Å². The van der Waals surface area contributed by atoms with Crippen LogP contribution in [-0.2, 0) is 0 Å². The Bertz CT molecular complexity index is 271. The first-order valence-corrected chi connectivity index (χ1v) is 5.80. The molecule has 1 aliphatic carbocycles. The number of hydrogen-bond acceptors (Lipinski definition) is 1. The first-order valence-electron chi connectivity index (χ1n) is 5.01. The molecule has 1 saturated carbocycles. The van der Waals surface area contributed by atoms with Gasteiger partial charge in [0.05, 0.1) is 0 Å². The van der Waals surface area contributed by atoms with E-state index in [9.17, 15) is 0 Å². The van der Waals surface area contributed by atoms with E-state index in [0.29, 0.717) is 5.92 Å². The summed E-state index contributed by atoms with van der Waals surface area (Å²) in [7, 11) is 0. The molecule has 0 atom stereocenters. The van der Waals surface area contributed by atoms with Crippen LogP contribution in [0, 0.1) is 5.92 Å². The molecule has 2 rings (SSSR count). The van der Waals surface area contributed by atoms with E-state index in [0.717, 1.165) is 10.6 Å². The topological polar surface area (TPSA) is 13.1 Å². The number of hydrogen-bond donors (Lipinski definition) is 0. The molecule has 0 spiro atoms. The molecule has 1 aromatic rings. The van der Waals surface area contributed by atoms with Crippen molar-refractivity contribution in [2.75, 3.05) is 0 Å². The van der Waals surface area contributed by atoms with Crippen molar-refractivity contribution in [1.82, 2.24) is 0 Å². The quantitative estimate of drug-likeness (QED) is 0.715. The lowest BCUT2D eigenvalue weighted by atomic mass is 9.82. The lowest BCUT2D eigenvalue weighted by molar-refractivity contribution is 0.311. The molecule has 13 heavy (non-hydrogen) atoms. The van der Waals surface area contributed by atoms with Crippen LogP contribution < -0.4 is 0 Å². The summed E-state index contributed by atoms with van der Waals surface area (Å²) in [5.74, 6) is 2.75. The van der Waals surface area contributed by atoms with Crippen molar-refractivity contribution >= 4 is 15.9 Å². The summed E-state index contributed by atoms with van der Waals surface area (Å²) in [5, 5.41) is 0. The average Bonchev–Trinajstić information content (AvgIpc) is 2.53. The molecule has 1 aliphatic rings. The van der Waals surface area contributed by atoms with Crippen LogP contribution in [0.1, 0.15) is 44.3 Å². The van der Waals surface area contributed by atoms with Crippen molar-refractivity contribution in [3.8, 4) is 0 Å². The molecular weight excluding hydrogens is 228 g/mol. The molecule has 0 aromatic carbocycles. The zero-order valence-electron chi connectivity index (χ0n) is 7.92. The number of halogens is 1. The molecule has 0 N–H and O–H groups in total. The SMILES string of the molecule is CC1CCC(c2ccc(Br)o2)CC1. The standard InChI is InChI=1S/C11H15BrO/c1-8-2-4-9(5-3-8)10-6-7-11(12)13-10/h6-9H,2-5H2,1H3. The van der Waals surface area contributed by atoms with Gasteiger partial charge in [-0.25, -0.2) is 0 Å². The molecule has 0 unspecified atom stereocenters. The highest BCUT2D eigenvalue weighted by atomic mass is 79.9. The minimum absolute atomic E-state index is 0.669. The Morgan fingerprint density at radius 2 is 1.92 bits per heavy atom. The van der Waals surface area contributed by atoms with Crippen LogP contribution in [0.4, 0.5) is 0 Å². The smallest absolute Gasteiger partial charge is 0.169 e. The molecule has 0 aliphatic heterocycles. The average molecular weight is 243 g/mol. The number of furan rings is 1. The summed E-state index contributed by atoms with van der Waals surface area (Å²) in [4.78, 5) is 0. The Morgan fingerprint density at radius 3 is 2.46 bits per heavy atom. The maximum absolute atomic E-state index is 5.57. The van der Waals surface area contributed by atoms with Crippen LogP contribution in [0.15, 0.2) is 21.2 Å². The Balaban J connectivity index is 2.02. The van der Waals surface area contributed by atoms with Crippen LogP contribution in [0.2, 0.25) is 0 Å². The molecule has 1 heterocycles. The van der Waals surface area contributed by atoms with E-state index in [4.69, 9.17) is 4.42 Å². The second kappa shape index (κ2) is 3.87. The van der Waals surface area contributed by atoms with Gasteiger partial charge in [0.1, 0.15) is 5.76 Å². The lowest BCUT2D eigenvalue weighted by Crippen LogP contribution is -2.09. The highest BCUT2D eigenvalue weighted by Crippen LogP contribution is 2.36. The third-order valence-corrected chi connectivity index (χ3v) is 3.44. The van der Waals surface area contributed by atoms with E-state index >= 15 is 0 Å². The highest BCUT2D eigenvalue weighted by Gasteiger charge is 2.21. The molecule has 72 valence electrons. The minimum atomic E-state index is 0.669. The Hall–Kier alpha value is -0.240. The molecule has 2 heteroatoms. The second-order valence-corrected chi connectivity index (χ2v) is 4.88. The fourth-order valence-corrected chi connectivity index (χ4v) is 2.41. The van der Waals surface area contributed by atoms with E-state index < -0.39 is 0 Å². The molecule has 0 amide bonds. The maximum Gasteiger partial charge on any atom is 0.169 e. The molecule has 0 radical (unpaired) electrons. The minimum Gasteiger partial charge on any atom is -0.454 e. The molecule has 1 fully saturated rings. The van der Waals surface area contributed by atoms with E-state index in [2.05, 4.69) is 28.9 Å². The molecule has 0 saturated heterocycles. The molecule has 0 bridgehead atoms. The van der Waals surface area contributed by atoms with Crippen molar-refractivity contribution in [3.05, 3.63) is 22.6 Å². The first kappa shape index (κ1) is 9.32. The van der Waals surface area contributed by atoms with Crippen molar-refractivity contribution in [3.63, 3.8) is 0 Å². The van der Waals surface area contributed by atoms with Gasteiger partial charge in [-0.3, -0.25) is 0 Å². The Morgan fingerprint density at radius 1 is 1.23 bits per heavy atom. The number of rotatable bonds is 1. The molecular formula is C11H15BrO. The predicted octanol–water partition coefficient (Wildman–Crippen LogP) is 4.34. The fraction of sp³-hybridized carbons (Fsp3) is 0.636. The van der Waals surface area contributed by atoms with E-state index in [1.165, 1.54) is 31.4 Å². The normalized spacial score (nSPS) is 29.1. The van der Waals surface area contributed by atoms with Crippen LogP contribution >= 0.6 is 15.9 Å². The lowest BCUT2D eigenvalue weighted by Gasteiger charge is -2.24. The van der Waals surface area contributed by atoms with Gasteiger partial charge in [0.2, 0.25) is 0 Å². The monoisotopic (exact) mass is 242 g/mol. The summed E-state index contributed by atoms with van der Waals surface area (Å²) in [5.41, 5.74) is 0. The van der Waals surface area contributed by atoms with Gasteiger partial charge in [-0.2, -0.15) is 0 Å². The zero-order valence-corrected chi connectivity index (χ0v) is 9.51. The largest absolute Gasteiger partial charge is 0.454 e. The van der Waals surface area contributed by atoms with Crippen molar-refractivity contribution in [1.29, 1.82) is 0 Å². The van der Waals surface area contributed by atoms with Gasteiger partial charge >= 0.3 is 0 Å². The summed E-state index contributed by atoms with van der Waals surface area (Å²) >= 11 is 3.34. The summed E-state index contributed by atoms with van der Waals surface area (Å²) in [6, 6.07) is 4.10. The van der Waals surface area contributed by atoms with Gasteiger partial charge < -0.3 is 4.42 Å². The van der Waals surface area contributed by atoms with Gasteiger partial charge in [0.25, 0.3) is 0 Å². The van der Waals surface area contributed by atoms with E-state index in [1.807, 2.05) is 6.07 Å². The molecule has 1 aromatic heterocycles. The Kier molecular flexibility index (Phi) is 2.77. The van der Waals surface area contributed by atoms with Crippen LogP contribution in [-0.4, -0.2) is 0 Å². The highest BCUT2D eigenvalue weighted by molar-refractivity contribution is 9.10. The van der Waals surface area contributed by atoms with Crippen LogP contribution in [0.25, 0.3) is 0 Å². The second-order valence-electron chi connectivity index (χ2n) is 4.10. The third-order valence-electron chi connectivity index (χ3n) is 3.01. The third kappa shape index (κ3) is 2.16. The summed E-state index contributed by atoms with van der Waals surface area (Å²) in [6.45, 7) is 2.34. The van der Waals surface area contributed by atoms with Crippen molar-refractivity contribution in [2.24, 2.45) is 5.92 Å².